The third-order valence-electron chi connectivity index (χ3n) is 6.07. The average molecular weight is 414 g/mol. The fourth-order valence-corrected chi connectivity index (χ4v) is 3.99. The first kappa shape index (κ1) is 20.8. The van der Waals surface area contributed by atoms with Gasteiger partial charge in [0.25, 0.3) is 0 Å². The molecule has 0 fully saturated rings. The van der Waals surface area contributed by atoms with Crippen molar-refractivity contribution >= 4 is 17.5 Å². The summed E-state index contributed by atoms with van der Waals surface area (Å²) >= 11 is 0. The zero-order valence-electron chi connectivity index (χ0n) is 17.9. The monoisotopic (exact) mass is 413 g/mol. The molecule has 3 aromatic rings. The second-order valence-corrected chi connectivity index (χ2v) is 7.89. The van der Waals surface area contributed by atoms with Gasteiger partial charge in [0.1, 0.15) is 17.3 Å². The van der Waals surface area contributed by atoms with Gasteiger partial charge in [-0.1, -0.05) is 55.5 Å². The van der Waals surface area contributed by atoms with Crippen LogP contribution in [0.15, 0.2) is 60.8 Å². The van der Waals surface area contributed by atoms with Crippen LogP contribution in [0, 0.1) is 11.3 Å². The average Bonchev–Trinajstić information content (AvgIpc) is 3.31. The minimum Gasteiger partial charge on any atom is -0.383 e. The summed E-state index contributed by atoms with van der Waals surface area (Å²) in [5.74, 6) is 0. The standard InChI is InChI=1S/C25H27N5O/c1-3-25(31,4-2)24-18-29(28-27-24)15-14-19-10-11-20-12-13-22(17-26)30(23(20)16-19)21-8-6-5-7-9-21/h5-13,16,18,22,31H,3-4,14-15H2,1-2H3. The molecular weight excluding hydrogens is 386 g/mol. The molecular formula is C25H27N5O. The van der Waals surface area contributed by atoms with Crippen LogP contribution in [0.1, 0.15) is 43.5 Å². The van der Waals surface area contributed by atoms with E-state index in [4.69, 9.17) is 0 Å². The molecule has 158 valence electrons. The van der Waals surface area contributed by atoms with Gasteiger partial charge < -0.3 is 10.0 Å². The lowest BCUT2D eigenvalue weighted by atomic mass is 9.94. The first-order valence-corrected chi connectivity index (χ1v) is 10.8. The molecule has 0 bridgehead atoms. The van der Waals surface area contributed by atoms with Crippen molar-refractivity contribution in [1.82, 2.24) is 15.0 Å². The molecule has 2 heterocycles. The summed E-state index contributed by atoms with van der Waals surface area (Å²) < 4.78 is 1.79. The molecule has 4 rings (SSSR count). The molecule has 31 heavy (non-hydrogen) atoms. The van der Waals surface area contributed by atoms with Crippen molar-refractivity contribution in [2.45, 2.75) is 51.3 Å². The molecule has 0 amide bonds. The van der Waals surface area contributed by atoms with Gasteiger partial charge in [0, 0.05) is 12.2 Å². The van der Waals surface area contributed by atoms with E-state index in [-0.39, 0.29) is 6.04 Å². The second-order valence-electron chi connectivity index (χ2n) is 7.89. The summed E-state index contributed by atoms with van der Waals surface area (Å²) in [6.07, 6.45) is 7.79. The summed E-state index contributed by atoms with van der Waals surface area (Å²) in [7, 11) is 0. The van der Waals surface area contributed by atoms with Crippen molar-refractivity contribution in [3.63, 3.8) is 0 Å². The van der Waals surface area contributed by atoms with Gasteiger partial charge in [-0.05, 0) is 54.7 Å². The van der Waals surface area contributed by atoms with E-state index in [0.29, 0.717) is 25.1 Å². The molecule has 0 saturated carbocycles. The van der Waals surface area contributed by atoms with Crippen molar-refractivity contribution < 1.29 is 5.11 Å². The highest BCUT2D eigenvalue weighted by Gasteiger charge is 2.28. The van der Waals surface area contributed by atoms with E-state index in [2.05, 4.69) is 39.5 Å². The number of hydrogen-bond donors (Lipinski definition) is 1. The van der Waals surface area contributed by atoms with Crippen LogP contribution in [0.5, 0.6) is 0 Å². The Hall–Kier alpha value is -3.43. The first-order chi connectivity index (χ1) is 15.1. The normalized spacial score (nSPS) is 15.5. The molecule has 0 aliphatic carbocycles. The van der Waals surface area contributed by atoms with Crippen LogP contribution >= 0.6 is 0 Å². The molecule has 1 aliphatic heterocycles. The maximum Gasteiger partial charge on any atom is 0.140 e. The molecule has 6 nitrogen and oxygen atoms in total. The van der Waals surface area contributed by atoms with E-state index in [1.165, 1.54) is 0 Å². The maximum atomic E-state index is 10.7. The highest BCUT2D eigenvalue weighted by molar-refractivity contribution is 5.80. The van der Waals surface area contributed by atoms with Crippen LogP contribution in [0.3, 0.4) is 0 Å². The summed E-state index contributed by atoms with van der Waals surface area (Å²) in [6.45, 7) is 4.58. The van der Waals surface area contributed by atoms with Gasteiger partial charge in [-0.2, -0.15) is 5.26 Å². The van der Waals surface area contributed by atoms with Gasteiger partial charge in [-0.3, -0.25) is 4.68 Å². The van der Waals surface area contributed by atoms with E-state index < -0.39 is 5.60 Å². The highest BCUT2D eigenvalue weighted by Crippen LogP contribution is 2.36. The fourth-order valence-electron chi connectivity index (χ4n) is 3.99. The van der Waals surface area contributed by atoms with Crippen LogP contribution in [0.4, 0.5) is 11.4 Å². The quantitative estimate of drug-likeness (QED) is 0.613. The number of aryl methyl sites for hydroxylation is 2. The molecule has 2 aromatic carbocycles. The minimum absolute atomic E-state index is 0.344. The number of aromatic nitrogens is 3. The SMILES string of the molecule is CCC(O)(CC)c1cn(CCc2ccc3c(c2)N(c2ccccc2)C(C#N)C=C3)nn1. The van der Waals surface area contributed by atoms with Crippen LogP contribution in [0.2, 0.25) is 0 Å². The maximum absolute atomic E-state index is 10.7. The third kappa shape index (κ3) is 4.10. The molecule has 1 aromatic heterocycles. The van der Waals surface area contributed by atoms with Gasteiger partial charge in [-0.15, -0.1) is 5.10 Å². The number of anilines is 2. The van der Waals surface area contributed by atoms with Crippen molar-refractivity contribution in [2.75, 3.05) is 4.90 Å². The highest BCUT2D eigenvalue weighted by atomic mass is 16.3. The van der Waals surface area contributed by atoms with Gasteiger partial charge in [0.05, 0.1) is 18.0 Å². The summed E-state index contributed by atoms with van der Waals surface area (Å²) in [6, 6.07) is 18.4. The van der Waals surface area contributed by atoms with Crippen LogP contribution < -0.4 is 4.90 Å². The summed E-state index contributed by atoms with van der Waals surface area (Å²) in [5.41, 5.74) is 3.99. The van der Waals surface area contributed by atoms with Crippen LogP contribution in [-0.4, -0.2) is 26.1 Å². The van der Waals surface area contributed by atoms with Crippen LogP contribution in [-0.2, 0) is 18.6 Å². The summed E-state index contributed by atoms with van der Waals surface area (Å²) in [4.78, 5) is 2.08. The number of nitriles is 1. The number of fused-ring (bicyclic) bond motifs is 1. The largest absolute Gasteiger partial charge is 0.383 e. The Balaban J connectivity index is 1.57. The van der Waals surface area contributed by atoms with Crippen molar-refractivity contribution in [3.8, 4) is 6.07 Å². The number of para-hydroxylation sites is 1. The lowest BCUT2D eigenvalue weighted by Gasteiger charge is -2.32. The molecule has 0 saturated heterocycles. The lowest BCUT2D eigenvalue weighted by molar-refractivity contribution is 0.0239. The second kappa shape index (κ2) is 8.75. The van der Waals surface area contributed by atoms with Crippen molar-refractivity contribution in [1.29, 1.82) is 5.26 Å². The van der Waals surface area contributed by atoms with Gasteiger partial charge >= 0.3 is 0 Å². The van der Waals surface area contributed by atoms with Crippen molar-refractivity contribution in [2.24, 2.45) is 0 Å². The zero-order valence-corrected chi connectivity index (χ0v) is 17.9. The molecule has 1 aliphatic rings. The van der Waals surface area contributed by atoms with E-state index in [1.807, 2.05) is 62.5 Å². The van der Waals surface area contributed by atoms with Gasteiger partial charge in [0.2, 0.25) is 0 Å². The third-order valence-corrected chi connectivity index (χ3v) is 6.07. The topological polar surface area (TPSA) is 78.0 Å². The number of aliphatic hydroxyl groups is 1. The van der Waals surface area contributed by atoms with Crippen molar-refractivity contribution in [3.05, 3.63) is 77.6 Å². The molecule has 6 heteroatoms. The predicted octanol–water partition coefficient (Wildman–Crippen LogP) is 4.59. The zero-order chi connectivity index (χ0) is 21.8. The molecule has 0 spiro atoms. The molecule has 1 N–H and O–H groups in total. The Bertz CT molecular complexity index is 1110. The lowest BCUT2D eigenvalue weighted by Crippen LogP contribution is -2.30. The molecule has 1 atom stereocenters. The van der Waals surface area contributed by atoms with E-state index in [0.717, 1.165) is 28.9 Å². The minimum atomic E-state index is -0.918. The Morgan fingerprint density at radius 3 is 2.61 bits per heavy atom. The Morgan fingerprint density at radius 2 is 1.90 bits per heavy atom. The number of hydrogen-bond acceptors (Lipinski definition) is 5. The summed E-state index contributed by atoms with van der Waals surface area (Å²) in [5, 5.41) is 28.8. The van der Waals surface area contributed by atoms with Crippen LogP contribution in [0.25, 0.3) is 6.08 Å². The molecule has 1 unspecified atom stereocenters. The fraction of sp³-hybridized carbons (Fsp3) is 0.320. The number of nitrogens with zero attached hydrogens (tertiary/aromatic N) is 5. The Labute approximate surface area is 183 Å². The Morgan fingerprint density at radius 1 is 1.13 bits per heavy atom. The number of rotatable bonds is 7. The van der Waals surface area contributed by atoms with Gasteiger partial charge in [0.15, 0.2) is 0 Å². The van der Waals surface area contributed by atoms with E-state index in [9.17, 15) is 10.4 Å². The van der Waals surface area contributed by atoms with E-state index >= 15 is 0 Å². The smallest absolute Gasteiger partial charge is 0.140 e. The molecule has 0 radical (unpaired) electrons. The predicted molar refractivity (Wildman–Crippen MR) is 122 cm³/mol. The Kier molecular flexibility index (Phi) is 5.88. The van der Waals surface area contributed by atoms with Gasteiger partial charge in [-0.25, -0.2) is 0 Å². The first-order valence-electron chi connectivity index (χ1n) is 10.8. The number of benzene rings is 2. The van der Waals surface area contributed by atoms with E-state index in [1.54, 1.807) is 4.68 Å².